The third-order valence-electron chi connectivity index (χ3n) is 4.87. The Labute approximate surface area is 141 Å². The van der Waals surface area contributed by atoms with Gasteiger partial charge < -0.3 is 15.1 Å². The second-order valence-electron chi connectivity index (χ2n) is 6.69. The number of fused-ring (bicyclic) bond motifs is 1. The topological polar surface area (TPSA) is 46.9 Å². The average molecular weight is 333 g/mol. The minimum atomic E-state index is -0.886. The van der Waals surface area contributed by atoms with Gasteiger partial charge in [-0.1, -0.05) is 23.7 Å². The van der Waals surface area contributed by atoms with Gasteiger partial charge in [-0.15, -0.1) is 0 Å². The summed E-state index contributed by atoms with van der Waals surface area (Å²) in [5.41, 5.74) is 3.55. The predicted molar refractivity (Wildman–Crippen MR) is 90.2 cm³/mol. The van der Waals surface area contributed by atoms with Crippen LogP contribution in [0.2, 0.25) is 5.02 Å². The number of aliphatic hydroxyl groups excluding tert-OH is 2. The van der Waals surface area contributed by atoms with Crippen LogP contribution in [0.4, 0.5) is 0 Å². The molecule has 122 valence electrons. The molecule has 0 radical (unpaired) electrons. The molecule has 4 nitrogen and oxygen atoms in total. The molecule has 3 aliphatic rings. The predicted octanol–water partition coefficient (Wildman–Crippen LogP) is 2.99. The van der Waals surface area contributed by atoms with Crippen molar-refractivity contribution in [3.63, 3.8) is 0 Å². The van der Waals surface area contributed by atoms with Crippen LogP contribution in [0.1, 0.15) is 29.9 Å². The highest BCUT2D eigenvalue weighted by Gasteiger charge is 2.27. The molecule has 1 atom stereocenters. The normalized spacial score (nSPS) is 25.0. The summed E-state index contributed by atoms with van der Waals surface area (Å²) < 4.78 is 0. The van der Waals surface area contributed by atoms with Crippen molar-refractivity contribution in [1.82, 2.24) is 9.80 Å². The minimum Gasteiger partial charge on any atom is -0.508 e. The van der Waals surface area contributed by atoms with Gasteiger partial charge >= 0.3 is 0 Å². The number of rotatable bonds is 3. The number of piperazine rings is 1. The van der Waals surface area contributed by atoms with Crippen molar-refractivity contribution >= 4 is 11.6 Å². The number of benzene rings is 1. The number of aliphatic hydroxyl groups is 2. The molecule has 5 heteroatoms. The van der Waals surface area contributed by atoms with Gasteiger partial charge in [0.25, 0.3) is 0 Å². The zero-order valence-electron chi connectivity index (χ0n) is 13.0. The summed E-state index contributed by atoms with van der Waals surface area (Å²) in [6.07, 6.45) is 5.04. The van der Waals surface area contributed by atoms with E-state index in [4.69, 9.17) is 11.6 Å². The molecule has 1 unspecified atom stereocenters. The molecule has 1 saturated heterocycles. The highest BCUT2D eigenvalue weighted by atomic mass is 35.5. The van der Waals surface area contributed by atoms with Crippen LogP contribution in [0.15, 0.2) is 41.9 Å². The van der Waals surface area contributed by atoms with Crippen LogP contribution < -0.4 is 0 Å². The summed E-state index contributed by atoms with van der Waals surface area (Å²) in [7, 11) is 0. The van der Waals surface area contributed by atoms with E-state index in [0.29, 0.717) is 0 Å². The van der Waals surface area contributed by atoms with Gasteiger partial charge in [-0.3, -0.25) is 4.90 Å². The Morgan fingerprint density at radius 1 is 1.22 bits per heavy atom. The van der Waals surface area contributed by atoms with E-state index in [0.717, 1.165) is 48.4 Å². The van der Waals surface area contributed by atoms with Crippen LogP contribution in [-0.2, 0) is 6.54 Å². The number of hydrogen-bond acceptors (Lipinski definition) is 4. The Morgan fingerprint density at radius 3 is 2.78 bits per heavy atom. The first kappa shape index (κ1) is 15.1. The van der Waals surface area contributed by atoms with Crippen molar-refractivity contribution in [2.75, 3.05) is 19.6 Å². The zero-order chi connectivity index (χ0) is 16.0. The van der Waals surface area contributed by atoms with E-state index in [-0.39, 0.29) is 5.76 Å². The van der Waals surface area contributed by atoms with Crippen LogP contribution in [0.25, 0.3) is 0 Å². The molecular formula is C18H21ClN2O2. The Morgan fingerprint density at radius 2 is 2.04 bits per heavy atom. The lowest BCUT2D eigenvalue weighted by molar-refractivity contribution is 0.150. The van der Waals surface area contributed by atoms with Gasteiger partial charge in [0, 0.05) is 43.1 Å². The molecule has 1 aromatic rings. The lowest BCUT2D eigenvalue weighted by atomic mass is 10.1. The molecule has 1 aliphatic carbocycles. The standard InChI is InChI=1S/C18H21ClN2O2/c19-16-7-13(12-1-2-12)3-4-14(16)9-20-5-6-21-11-18(23)17(22)8-15(21)10-20/h3-4,7-8,11-12,17,22-23H,1-2,5-6,9-10H2. The van der Waals surface area contributed by atoms with Crippen molar-refractivity contribution in [2.45, 2.75) is 31.4 Å². The average Bonchev–Trinajstić information content (AvgIpc) is 3.35. The van der Waals surface area contributed by atoms with Gasteiger partial charge in [-0.2, -0.15) is 0 Å². The molecule has 2 aliphatic heterocycles. The van der Waals surface area contributed by atoms with Crippen molar-refractivity contribution < 1.29 is 10.2 Å². The lowest BCUT2D eigenvalue weighted by Gasteiger charge is -2.38. The number of nitrogens with zero attached hydrogens (tertiary/aromatic N) is 2. The molecule has 2 fully saturated rings. The third-order valence-corrected chi connectivity index (χ3v) is 5.22. The van der Waals surface area contributed by atoms with E-state index < -0.39 is 6.10 Å². The summed E-state index contributed by atoms with van der Waals surface area (Å²) in [4.78, 5) is 4.33. The lowest BCUT2D eigenvalue weighted by Crippen LogP contribution is -2.44. The molecule has 0 amide bonds. The fourth-order valence-corrected chi connectivity index (χ4v) is 3.58. The molecule has 2 N–H and O–H groups in total. The summed E-state index contributed by atoms with van der Waals surface area (Å²) in [6, 6.07) is 6.48. The third kappa shape index (κ3) is 3.11. The molecule has 4 rings (SSSR count). The van der Waals surface area contributed by atoms with Crippen LogP contribution in [-0.4, -0.2) is 45.8 Å². The molecule has 1 saturated carbocycles. The van der Waals surface area contributed by atoms with Crippen LogP contribution in [0.5, 0.6) is 0 Å². The van der Waals surface area contributed by atoms with E-state index in [1.807, 2.05) is 4.90 Å². The maximum Gasteiger partial charge on any atom is 0.141 e. The van der Waals surface area contributed by atoms with Gasteiger partial charge in [0.05, 0.1) is 0 Å². The summed E-state index contributed by atoms with van der Waals surface area (Å²) in [6.45, 7) is 3.26. The second kappa shape index (κ2) is 5.86. The molecule has 0 spiro atoms. The van der Waals surface area contributed by atoms with Crippen LogP contribution in [0.3, 0.4) is 0 Å². The van der Waals surface area contributed by atoms with E-state index in [2.05, 4.69) is 23.1 Å². The Hall–Kier alpha value is -1.49. The van der Waals surface area contributed by atoms with Gasteiger partial charge in [0.2, 0.25) is 0 Å². The van der Waals surface area contributed by atoms with Crippen molar-refractivity contribution in [2.24, 2.45) is 0 Å². The SMILES string of the molecule is OC1=CN2CCN(Cc3ccc(C4CC4)cc3Cl)CC2=CC1O. The van der Waals surface area contributed by atoms with E-state index >= 15 is 0 Å². The Balaban J connectivity index is 1.45. The maximum absolute atomic E-state index is 9.76. The summed E-state index contributed by atoms with van der Waals surface area (Å²) >= 11 is 6.47. The highest BCUT2D eigenvalue weighted by Crippen LogP contribution is 2.41. The fourth-order valence-electron chi connectivity index (χ4n) is 3.33. The molecule has 0 bridgehead atoms. The fraction of sp³-hybridized carbons (Fsp3) is 0.444. The van der Waals surface area contributed by atoms with Gasteiger partial charge in [-0.25, -0.2) is 0 Å². The van der Waals surface area contributed by atoms with Crippen LogP contribution in [0, 0.1) is 0 Å². The van der Waals surface area contributed by atoms with Gasteiger partial charge in [0.15, 0.2) is 0 Å². The summed E-state index contributed by atoms with van der Waals surface area (Å²) in [5.74, 6) is 0.736. The second-order valence-corrected chi connectivity index (χ2v) is 7.09. The Kier molecular flexibility index (Phi) is 3.84. The first-order valence-corrected chi connectivity index (χ1v) is 8.55. The highest BCUT2D eigenvalue weighted by molar-refractivity contribution is 6.31. The smallest absolute Gasteiger partial charge is 0.141 e. The van der Waals surface area contributed by atoms with Gasteiger partial charge in [0.1, 0.15) is 11.9 Å². The van der Waals surface area contributed by atoms with Crippen molar-refractivity contribution in [3.05, 3.63) is 58.1 Å². The molecular weight excluding hydrogens is 312 g/mol. The molecule has 2 heterocycles. The first-order valence-electron chi connectivity index (χ1n) is 8.17. The monoisotopic (exact) mass is 332 g/mol. The number of halogens is 1. The van der Waals surface area contributed by atoms with Crippen LogP contribution >= 0.6 is 11.6 Å². The largest absolute Gasteiger partial charge is 0.508 e. The summed E-state index contributed by atoms with van der Waals surface area (Å²) in [5, 5.41) is 20.2. The Bertz CT molecular complexity index is 682. The first-order chi connectivity index (χ1) is 11.1. The minimum absolute atomic E-state index is 0.0147. The molecule has 1 aromatic carbocycles. The van der Waals surface area contributed by atoms with E-state index in [1.165, 1.54) is 18.4 Å². The number of hydrogen-bond donors (Lipinski definition) is 2. The van der Waals surface area contributed by atoms with E-state index in [9.17, 15) is 10.2 Å². The molecule has 23 heavy (non-hydrogen) atoms. The van der Waals surface area contributed by atoms with Crippen molar-refractivity contribution in [3.8, 4) is 0 Å². The quantitative estimate of drug-likeness (QED) is 0.893. The maximum atomic E-state index is 9.76. The molecule has 0 aromatic heterocycles. The zero-order valence-corrected chi connectivity index (χ0v) is 13.7. The van der Waals surface area contributed by atoms with Crippen molar-refractivity contribution in [1.29, 1.82) is 0 Å². The van der Waals surface area contributed by atoms with E-state index in [1.54, 1.807) is 12.3 Å². The van der Waals surface area contributed by atoms with Gasteiger partial charge in [-0.05, 0) is 42.0 Å².